The van der Waals surface area contributed by atoms with Gasteiger partial charge < -0.3 is 10.5 Å². The van der Waals surface area contributed by atoms with Crippen LogP contribution >= 0.6 is 0 Å². The van der Waals surface area contributed by atoms with Crippen LogP contribution in [-0.4, -0.2) is 37.7 Å². The minimum Gasteiger partial charge on any atom is -0.372 e. The Labute approximate surface area is 116 Å². The van der Waals surface area contributed by atoms with Crippen molar-refractivity contribution in [2.24, 2.45) is 5.73 Å². The summed E-state index contributed by atoms with van der Waals surface area (Å²) in [6.07, 6.45) is 3.71. The van der Waals surface area contributed by atoms with E-state index in [0.29, 0.717) is 0 Å². The third kappa shape index (κ3) is 4.03. The molecule has 0 spiro atoms. The van der Waals surface area contributed by atoms with Crippen LogP contribution in [-0.2, 0) is 11.2 Å². The summed E-state index contributed by atoms with van der Waals surface area (Å²) in [6.45, 7) is 6.84. The Bertz CT molecular complexity index is 381. The maximum atomic E-state index is 5.98. The predicted molar refractivity (Wildman–Crippen MR) is 79.2 cm³/mol. The number of fused-ring (bicyclic) bond motifs is 1. The zero-order valence-electron chi connectivity index (χ0n) is 12.0. The van der Waals surface area contributed by atoms with Crippen LogP contribution in [0.5, 0.6) is 0 Å². The molecule has 3 heteroatoms. The highest BCUT2D eigenvalue weighted by atomic mass is 16.5. The van der Waals surface area contributed by atoms with Gasteiger partial charge in [0, 0.05) is 19.6 Å². The summed E-state index contributed by atoms with van der Waals surface area (Å²) in [7, 11) is 0. The molecule has 1 aromatic rings. The van der Waals surface area contributed by atoms with Crippen LogP contribution in [0, 0.1) is 0 Å². The van der Waals surface area contributed by atoms with Crippen LogP contribution in [0.15, 0.2) is 24.3 Å². The lowest BCUT2D eigenvalue weighted by Crippen LogP contribution is -2.36. The zero-order valence-corrected chi connectivity index (χ0v) is 12.0. The summed E-state index contributed by atoms with van der Waals surface area (Å²) in [5.41, 5.74) is 8.53. The van der Waals surface area contributed by atoms with E-state index in [2.05, 4.69) is 36.1 Å². The second kappa shape index (κ2) is 7.63. The SMILES string of the molecule is CCCCN(CCN)CC1OCCc2ccccc21. The minimum absolute atomic E-state index is 0.216. The summed E-state index contributed by atoms with van der Waals surface area (Å²) in [6, 6.07) is 8.67. The van der Waals surface area contributed by atoms with Crippen LogP contribution < -0.4 is 5.73 Å². The molecule has 1 aromatic carbocycles. The van der Waals surface area contributed by atoms with Crippen molar-refractivity contribution in [3.05, 3.63) is 35.4 Å². The molecule has 0 fully saturated rings. The first-order chi connectivity index (χ1) is 9.35. The van der Waals surface area contributed by atoms with Gasteiger partial charge in [-0.05, 0) is 30.5 Å². The number of unbranched alkanes of at least 4 members (excludes halogenated alkanes) is 1. The molecule has 0 bridgehead atoms. The molecule has 1 aliphatic rings. The lowest BCUT2D eigenvalue weighted by Gasteiger charge is -2.31. The van der Waals surface area contributed by atoms with Gasteiger partial charge in [0.1, 0.15) is 0 Å². The van der Waals surface area contributed by atoms with Gasteiger partial charge in [0.2, 0.25) is 0 Å². The summed E-state index contributed by atoms with van der Waals surface area (Å²) < 4.78 is 5.98. The lowest BCUT2D eigenvalue weighted by molar-refractivity contribution is 0.0162. The van der Waals surface area contributed by atoms with E-state index in [1.807, 2.05) is 0 Å². The van der Waals surface area contributed by atoms with Crippen LogP contribution in [0.25, 0.3) is 0 Å². The van der Waals surface area contributed by atoms with Crippen LogP contribution in [0.2, 0.25) is 0 Å². The van der Waals surface area contributed by atoms with Gasteiger partial charge in [-0.1, -0.05) is 37.6 Å². The second-order valence-electron chi connectivity index (χ2n) is 5.25. The molecule has 0 amide bonds. The Hall–Kier alpha value is -0.900. The van der Waals surface area contributed by atoms with Crippen molar-refractivity contribution in [2.45, 2.75) is 32.3 Å². The van der Waals surface area contributed by atoms with Crippen molar-refractivity contribution < 1.29 is 4.74 Å². The van der Waals surface area contributed by atoms with Gasteiger partial charge in [-0.25, -0.2) is 0 Å². The Balaban J connectivity index is 2.01. The van der Waals surface area contributed by atoms with Gasteiger partial charge in [-0.2, -0.15) is 0 Å². The van der Waals surface area contributed by atoms with Gasteiger partial charge in [-0.15, -0.1) is 0 Å². The van der Waals surface area contributed by atoms with Crippen molar-refractivity contribution in [3.63, 3.8) is 0 Å². The molecule has 19 heavy (non-hydrogen) atoms. The van der Waals surface area contributed by atoms with Crippen LogP contribution in [0.4, 0.5) is 0 Å². The molecule has 2 N–H and O–H groups in total. The summed E-state index contributed by atoms with van der Waals surface area (Å²) in [4.78, 5) is 2.44. The number of benzene rings is 1. The minimum atomic E-state index is 0.216. The van der Waals surface area contributed by atoms with E-state index < -0.39 is 0 Å². The van der Waals surface area contributed by atoms with E-state index in [1.165, 1.54) is 24.0 Å². The van der Waals surface area contributed by atoms with E-state index in [9.17, 15) is 0 Å². The number of rotatable bonds is 7. The van der Waals surface area contributed by atoms with Crippen LogP contribution in [0.3, 0.4) is 0 Å². The molecule has 0 aliphatic carbocycles. The molecule has 3 nitrogen and oxygen atoms in total. The zero-order chi connectivity index (χ0) is 13.5. The van der Waals surface area contributed by atoms with Gasteiger partial charge in [0.05, 0.1) is 12.7 Å². The number of nitrogens with zero attached hydrogens (tertiary/aromatic N) is 1. The Kier molecular flexibility index (Phi) is 5.83. The first kappa shape index (κ1) is 14.5. The standard InChI is InChI=1S/C16H26N2O/c1-2-3-10-18(11-9-17)13-16-15-7-5-4-6-14(15)8-12-19-16/h4-7,16H,2-3,8-13,17H2,1H3. The average Bonchev–Trinajstić information content (AvgIpc) is 2.45. The quantitative estimate of drug-likeness (QED) is 0.820. The number of ether oxygens (including phenoxy) is 1. The summed E-state index contributed by atoms with van der Waals surface area (Å²) in [5, 5.41) is 0. The largest absolute Gasteiger partial charge is 0.372 e. The van der Waals surface area contributed by atoms with Gasteiger partial charge >= 0.3 is 0 Å². The molecule has 1 aliphatic heterocycles. The number of hydrogen-bond donors (Lipinski definition) is 1. The third-order valence-electron chi connectivity index (χ3n) is 3.79. The van der Waals surface area contributed by atoms with Crippen molar-refractivity contribution in [3.8, 4) is 0 Å². The smallest absolute Gasteiger partial charge is 0.0954 e. The molecule has 1 unspecified atom stereocenters. The van der Waals surface area contributed by atoms with E-state index in [1.54, 1.807) is 0 Å². The summed E-state index contributed by atoms with van der Waals surface area (Å²) in [5.74, 6) is 0. The highest BCUT2D eigenvalue weighted by Gasteiger charge is 2.22. The fraction of sp³-hybridized carbons (Fsp3) is 0.625. The molecule has 0 aromatic heterocycles. The van der Waals surface area contributed by atoms with Gasteiger partial charge in [0.25, 0.3) is 0 Å². The Morgan fingerprint density at radius 2 is 2.16 bits per heavy atom. The third-order valence-corrected chi connectivity index (χ3v) is 3.79. The molecule has 0 radical (unpaired) electrons. The first-order valence-electron chi connectivity index (χ1n) is 7.47. The van der Waals surface area contributed by atoms with Crippen molar-refractivity contribution in [1.82, 2.24) is 4.90 Å². The van der Waals surface area contributed by atoms with Crippen molar-refractivity contribution in [1.29, 1.82) is 0 Å². The topological polar surface area (TPSA) is 38.5 Å². The summed E-state index contributed by atoms with van der Waals surface area (Å²) >= 11 is 0. The fourth-order valence-corrected chi connectivity index (χ4v) is 2.72. The highest BCUT2D eigenvalue weighted by Crippen LogP contribution is 2.27. The maximum absolute atomic E-state index is 5.98. The monoisotopic (exact) mass is 262 g/mol. The lowest BCUT2D eigenvalue weighted by atomic mass is 9.97. The number of nitrogens with two attached hydrogens (primary N) is 1. The van der Waals surface area contributed by atoms with Crippen molar-refractivity contribution >= 4 is 0 Å². The molecule has 1 heterocycles. The Morgan fingerprint density at radius 3 is 2.95 bits per heavy atom. The molecule has 2 rings (SSSR count). The van der Waals surface area contributed by atoms with Gasteiger partial charge in [0.15, 0.2) is 0 Å². The molecule has 0 saturated heterocycles. The van der Waals surface area contributed by atoms with E-state index >= 15 is 0 Å². The molecule has 106 valence electrons. The first-order valence-corrected chi connectivity index (χ1v) is 7.47. The molecule has 0 saturated carbocycles. The van der Waals surface area contributed by atoms with Crippen LogP contribution in [0.1, 0.15) is 37.0 Å². The van der Waals surface area contributed by atoms with E-state index in [-0.39, 0.29) is 6.10 Å². The normalized spacial score (nSPS) is 18.6. The molecular formula is C16H26N2O. The second-order valence-corrected chi connectivity index (χ2v) is 5.25. The fourth-order valence-electron chi connectivity index (χ4n) is 2.72. The molecular weight excluding hydrogens is 236 g/mol. The molecule has 1 atom stereocenters. The van der Waals surface area contributed by atoms with E-state index in [0.717, 1.165) is 39.2 Å². The highest BCUT2D eigenvalue weighted by molar-refractivity contribution is 5.31. The van der Waals surface area contributed by atoms with Gasteiger partial charge in [-0.3, -0.25) is 4.90 Å². The predicted octanol–water partition coefficient (Wildman–Crippen LogP) is 2.36. The maximum Gasteiger partial charge on any atom is 0.0954 e. The number of hydrogen-bond acceptors (Lipinski definition) is 3. The Morgan fingerprint density at radius 1 is 1.32 bits per heavy atom. The van der Waals surface area contributed by atoms with Crippen molar-refractivity contribution in [2.75, 3.05) is 32.8 Å². The van der Waals surface area contributed by atoms with E-state index in [4.69, 9.17) is 10.5 Å². The average molecular weight is 262 g/mol.